The van der Waals surface area contributed by atoms with Crippen LogP contribution in [0.1, 0.15) is 39.2 Å². The fourth-order valence-corrected chi connectivity index (χ4v) is 5.30. The predicted molar refractivity (Wildman–Crippen MR) is 121 cm³/mol. The Morgan fingerprint density at radius 1 is 1.06 bits per heavy atom. The first kappa shape index (κ1) is 23.3. The molecule has 2 bridgehead atoms. The molecule has 2 aliphatic rings. The average molecular weight is 478 g/mol. The summed E-state index contributed by atoms with van der Waals surface area (Å²) >= 11 is 6.08. The fourth-order valence-electron chi connectivity index (χ4n) is 5.13. The van der Waals surface area contributed by atoms with E-state index in [1.807, 2.05) is 39.0 Å². The molecule has 0 radical (unpaired) electrons. The van der Waals surface area contributed by atoms with Crippen molar-refractivity contribution in [1.82, 2.24) is 0 Å². The number of carbonyl (C=O) groups is 2. The Kier molecular flexibility index (Phi) is 5.35. The molecule has 4 rings (SSSR count). The van der Waals surface area contributed by atoms with Crippen LogP contribution >= 0.6 is 11.6 Å². The summed E-state index contributed by atoms with van der Waals surface area (Å²) in [5.74, 6) is -1.10. The number of carbonyl (C=O) groups excluding carboxylic acids is 2. The van der Waals surface area contributed by atoms with Gasteiger partial charge in [0.15, 0.2) is 5.78 Å². The first-order valence-corrected chi connectivity index (χ1v) is 10.8. The van der Waals surface area contributed by atoms with E-state index in [1.165, 1.54) is 0 Å². The monoisotopic (exact) mass is 477 g/mol. The van der Waals surface area contributed by atoms with E-state index in [-0.39, 0.29) is 22.8 Å². The van der Waals surface area contributed by atoms with Crippen LogP contribution in [0.4, 0.5) is 24.5 Å². The summed E-state index contributed by atoms with van der Waals surface area (Å²) in [4.78, 5) is 27.2. The van der Waals surface area contributed by atoms with Gasteiger partial charge in [-0.2, -0.15) is 18.3 Å². The molecule has 2 aliphatic carbocycles. The van der Waals surface area contributed by atoms with Crippen molar-refractivity contribution >= 4 is 40.4 Å². The highest BCUT2D eigenvalue weighted by molar-refractivity contribution is 6.51. The van der Waals surface area contributed by atoms with Crippen molar-refractivity contribution in [2.75, 3.05) is 10.7 Å². The maximum atomic E-state index is 13.6. The number of amides is 1. The molecule has 2 unspecified atom stereocenters. The summed E-state index contributed by atoms with van der Waals surface area (Å²) in [5, 5.41) is 6.85. The number of anilines is 2. The lowest BCUT2D eigenvalue weighted by molar-refractivity contribution is -0.140. The van der Waals surface area contributed by atoms with Gasteiger partial charge < -0.3 is 5.32 Å². The number of hydrazone groups is 1. The molecule has 0 spiro atoms. The van der Waals surface area contributed by atoms with Gasteiger partial charge in [0.05, 0.1) is 22.0 Å². The summed E-state index contributed by atoms with van der Waals surface area (Å²) in [5.41, 5.74) is -0.281. The molecule has 2 aromatic rings. The Labute approximate surface area is 194 Å². The summed E-state index contributed by atoms with van der Waals surface area (Å²) < 4.78 is 39.5. The van der Waals surface area contributed by atoms with Crippen molar-refractivity contribution in [3.63, 3.8) is 0 Å². The maximum absolute atomic E-state index is 13.6. The molecule has 33 heavy (non-hydrogen) atoms. The molecular formula is C24H23ClF3N3O2. The van der Waals surface area contributed by atoms with Gasteiger partial charge in [-0.05, 0) is 48.6 Å². The normalized spacial score (nSPS) is 27.1. The summed E-state index contributed by atoms with van der Waals surface area (Å²) in [6.07, 6.45) is -3.80. The second-order valence-electron chi connectivity index (χ2n) is 9.28. The lowest BCUT2D eigenvalue weighted by atomic mass is 9.64. The van der Waals surface area contributed by atoms with Crippen molar-refractivity contribution in [2.45, 2.75) is 39.8 Å². The van der Waals surface area contributed by atoms with Gasteiger partial charge in [-0.3, -0.25) is 15.0 Å². The molecule has 0 aromatic heterocycles. The standard InChI is InChI=1S/C24H23ClF3N3O2/c1-21(2)22(3)11-12-23(21,19(32)18(22)31-30-15-7-5-4-6-8-15)20(33)29-17-13-14(24(26,27)28)9-10-16(17)25/h4-10,13,30H,11-12H2,1-3H3,(H,29,33)/b31-18+. The lowest BCUT2D eigenvalue weighted by Gasteiger charge is -2.37. The highest BCUT2D eigenvalue weighted by Gasteiger charge is 2.76. The van der Waals surface area contributed by atoms with Crippen LogP contribution in [0.3, 0.4) is 0 Å². The molecule has 9 heteroatoms. The van der Waals surface area contributed by atoms with Gasteiger partial charge in [0, 0.05) is 5.41 Å². The van der Waals surface area contributed by atoms with Crippen LogP contribution < -0.4 is 10.7 Å². The van der Waals surface area contributed by atoms with E-state index in [0.717, 1.165) is 18.2 Å². The minimum absolute atomic E-state index is 0.0450. The van der Waals surface area contributed by atoms with Gasteiger partial charge >= 0.3 is 6.18 Å². The number of hydrogen-bond acceptors (Lipinski definition) is 4. The molecule has 2 saturated carbocycles. The zero-order valence-electron chi connectivity index (χ0n) is 18.3. The first-order valence-electron chi connectivity index (χ1n) is 10.5. The summed E-state index contributed by atoms with van der Waals surface area (Å²) in [6.45, 7) is 5.56. The molecule has 0 saturated heterocycles. The van der Waals surface area contributed by atoms with Crippen molar-refractivity contribution in [1.29, 1.82) is 0 Å². The topological polar surface area (TPSA) is 70.6 Å². The molecule has 1 amide bonds. The summed E-state index contributed by atoms with van der Waals surface area (Å²) in [6, 6.07) is 11.8. The minimum Gasteiger partial charge on any atom is -0.324 e. The van der Waals surface area contributed by atoms with E-state index in [0.29, 0.717) is 12.1 Å². The van der Waals surface area contributed by atoms with Gasteiger partial charge in [0.2, 0.25) is 5.91 Å². The molecule has 2 atom stereocenters. The van der Waals surface area contributed by atoms with Gasteiger partial charge in [-0.15, -0.1) is 0 Å². The van der Waals surface area contributed by atoms with Gasteiger partial charge in [-0.25, -0.2) is 0 Å². The largest absolute Gasteiger partial charge is 0.416 e. The van der Waals surface area contributed by atoms with E-state index >= 15 is 0 Å². The number of alkyl halides is 3. The van der Waals surface area contributed by atoms with Crippen molar-refractivity contribution in [3.8, 4) is 0 Å². The van der Waals surface area contributed by atoms with Crippen LogP contribution in [0.2, 0.25) is 5.02 Å². The maximum Gasteiger partial charge on any atom is 0.416 e. The van der Waals surface area contributed by atoms with Crippen LogP contribution in [-0.4, -0.2) is 17.4 Å². The fraction of sp³-hybridized carbons (Fsp3) is 0.375. The number of Topliss-reactive ketones (excluding diaryl/α,β-unsaturated/α-hetero) is 1. The zero-order valence-corrected chi connectivity index (χ0v) is 19.1. The van der Waals surface area contributed by atoms with Crippen molar-refractivity contribution in [3.05, 3.63) is 59.1 Å². The Bertz CT molecular complexity index is 1160. The van der Waals surface area contributed by atoms with Gasteiger partial charge in [0.1, 0.15) is 11.1 Å². The SMILES string of the molecule is CC12CCC(C(=O)Nc3cc(C(F)(F)F)ccc3Cl)(C(=O)/C1=N\Nc1ccccc1)C2(C)C. The smallest absolute Gasteiger partial charge is 0.324 e. The Balaban J connectivity index is 1.70. The Hall–Kier alpha value is -2.87. The van der Waals surface area contributed by atoms with E-state index in [9.17, 15) is 22.8 Å². The highest BCUT2D eigenvalue weighted by atomic mass is 35.5. The number of nitrogens with one attached hydrogen (secondary N) is 2. The van der Waals surface area contributed by atoms with E-state index < -0.39 is 39.7 Å². The van der Waals surface area contributed by atoms with Crippen LogP contribution in [0.15, 0.2) is 53.6 Å². The number of para-hydroxylation sites is 1. The number of ketones is 1. The molecule has 2 N–H and O–H groups in total. The number of fused-ring (bicyclic) bond motifs is 2. The van der Waals surface area contributed by atoms with Crippen LogP contribution in [0.5, 0.6) is 0 Å². The quantitative estimate of drug-likeness (QED) is 0.409. The second-order valence-corrected chi connectivity index (χ2v) is 9.68. The van der Waals surface area contributed by atoms with Crippen molar-refractivity contribution in [2.24, 2.45) is 21.3 Å². The zero-order chi connectivity index (χ0) is 24.2. The summed E-state index contributed by atoms with van der Waals surface area (Å²) in [7, 11) is 0. The predicted octanol–water partition coefficient (Wildman–Crippen LogP) is 6.16. The molecule has 5 nitrogen and oxygen atoms in total. The van der Waals surface area contributed by atoms with E-state index in [2.05, 4.69) is 15.8 Å². The number of halogens is 4. The van der Waals surface area contributed by atoms with E-state index in [4.69, 9.17) is 11.6 Å². The molecule has 0 aliphatic heterocycles. The first-order chi connectivity index (χ1) is 15.3. The van der Waals surface area contributed by atoms with Crippen molar-refractivity contribution < 1.29 is 22.8 Å². The van der Waals surface area contributed by atoms with Gasteiger partial charge in [0.25, 0.3) is 0 Å². The third-order valence-electron chi connectivity index (χ3n) is 7.57. The third kappa shape index (κ3) is 3.34. The van der Waals surface area contributed by atoms with Crippen LogP contribution in [0.25, 0.3) is 0 Å². The van der Waals surface area contributed by atoms with Crippen LogP contribution in [0, 0.1) is 16.2 Å². The number of rotatable bonds is 4. The molecule has 2 aromatic carbocycles. The molecule has 0 heterocycles. The van der Waals surface area contributed by atoms with E-state index in [1.54, 1.807) is 12.1 Å². The molecule has 2 fully saturated rings. The van der Waals surface area contributed by atoms with Crippen LogP contribution in [-0.2, 0) is 15.8 Å². The number of nitrogens with zero attached hydrogens (tertiary/aromatic N) is 1. The second kappa shape index (κ2) is 7.58. The Morgan fingerprint density at radius 2 is 1.73 bits per heavy atom. The minimum atomic E-state index is -4.60. The lowest BCUT2D eigenvalue weighted by Crippen LogP contribution is -2.47. The Morgan fingerprint density at radius 3 is 2.36 bits per heavy atom. The molecule has 174 valence electrons. The highest BCUT2D eigenvalue weighted by Crippen LogP contribution is 2.69. The number of benzene rings is 2. The molecular weight excluding hydrogens is 455 g/mol. The van der Waals surface area contributed by atoms with Gasteiger partial charge in [-0.1, -0.05) is 50.6 Å². The third-order valence-corrected chi connectivity index (χ3v) is 7.90. The number of hydrogen-bond donors (Lipinski definition) is 2. The average Bonchev–Trinajstić information content (AvgIpc) is 3.03.